The van der Waals surface area contributed by atoms with Crippen molar-refractivity contribution in [3.63, 3.8) is 0 Å². The fourth-order valence-corrected chi connectivity index (χ4v) is 3.71. The first kappa shape index (κ1) is 28.3. The average Bonchev–Trinajstić information content (AvgIpc) is 3.09. The molecule has 2 aromatic rings. The van der Waals surface area contributed by atoms with E-state index in [1.165, 1.54) is 0 Å². The zero-order valence-corrected chi connectivity index (χ0v) is 22.5. The maximum absolute atomic E-state index is 12.1. The monoisotopic (exact) mass is 501 g/mol. The third-order valence-electron chi connectivity index (χ3n) is 5.46. The van der Waals surface area contributed by atoms with Crippen molar-refractivity contribution < 1.29 is 19.0 Å². The van der Waals surface area contributed by atoms with Crippen LogP contribution in [0, 0.1) is 18.3 Å². The van der Waals surface area contributed by atoms with E-state index in [0.717, 1.165) is 24.8 Å². The van der Waals surface area contributed by atoms with E-state index >= 15 is 0 Å². The Kier molecular flexibility index (Phi) is 10.2. The lowest BCUT2D eigenvalue weighted by Gasteiger charge is -2.21. The van der Waals surface area contributed by atoms with Crippen LogP contribution in [-0.4, -0.2) is 28.8 Å². The molecular formula is C27H36ClN3O4. The Bertz CT molecular complexity index is 1080. The highest BCUT2D eigenvalue weighted by Gasteiger charge is 2.26. The molecule has 8 heteroatoms. The van der Waals surface area contributed by atoms with Crippen molar-refractivity contribution >= 4 is 29.1 Å². The minimum atomic E-state index is -1.03. The van der Waals surface area contributed by atoms with Gasteiger partial charge in [0.1, 0.15) is 17.3 Å². The van der Waals surface area contributed by atoms with Gasteiger partial charge in [-0.3, -0.25) is 4.68 Å². The molecule has 1 aromatic heterocycles. The quantitative estimate of drug-likeness (QED) is 0.112. The second-order valence-electron chi connectivity index (χ2n) is 9.32. The number of carbonyl (C=O) groups excluding carboxylic acids is 1. The number of benzene rings is 1. The van der Waals surface area contributed by atoms with Crippen LogP contribution in [0.25, 0.3) is 11.3 Å². The number of nitriles is 1. The number of halogens is 1. The largest absolute Gasteiger partial charge is 0.511 e. The second kappa shape index (κ2) is 12.6. The van der Waals surface area contributed by atoms with Crippen molar-refractivity contribution in [2.45, 2.75) is 86.0 Å². The van der Waals surface area contributed by atoms with Gasteiger partial charge >= 0.3 is 6.16 Å². The Hall–Kier alpha value is -2.98. The number of unbranched alkanes of at least 4 members (excludes halogenated alkanes) is 2. The van der Waals surface area contributed by atoms with Gasteiger partial charge in [-0.1, -0.05) is 76.4 Å². The third-order valence-corrected chi connectivity index (χ3v) is 5.91. The fraction of sp³-hybridized carbons (Fsp3) is 0.519. The molecule has 7 nitrogen and oxygen atoms in total. The summed E-state index contributed by atoms with van der Waals surface area (Å²) >= 11 is 6.61. The zero-order valence-electron chi connectivity index (χ0n) is 21.8. The lowest BCUT2D eigenvalue weighted by atomic mass is 9.86. The molecule has 0 saturated heterocycles. The van der Waals surface area contributed by atoms with Crippen LogP contribution < -0.4 is 0 Å². The number of carbonyl (C=O) groups is 1. The highest BCUT2D eigenvalue weighted by molar-refractivity contribution is 6.33. The summed E-state index contributed by atoms with van der Waals surface area (Å²) in [7, 11) is 0. The van der Waals surface area contributed by atoms with E-state index in [1.807, 2.05) is 31.2 Å². The highest BCUT2D eigenvalue weighted by Crippen LogP contribution is 2.35. The first-order valence-electron chi connectivity index (χ1n) is 12.0. The minimum Gasteiger partial charge on any atom is -0.451 e. The second-order valence-corrected chi connectivity index (χ2v) is 9.69. The van der Waals surface area contributed by atoms with E-state index in [2.05, 4.69) is 38.9 Å². The van der Waals surface area contributed by atoms with Crippen molar-refractivity contribution in [2.75, 3.05) is 6.61 Å². The van der Waals surface area contributed by atoms with E-state index in [4.69, 9.17) is 25.8 Å². The SMILES string of the molecule is CCCCCOC(=O)OC(C)O/C(=C(/C#N)c1ccc(C(C)(C)C)cc1)c1c(Cl)c(C)nn1CC. The summed E-state index contributed by atoms with van der Waals surface area (Å²) in [5, 5.41) is 15.0. The molecule has 0 radical (unpaired) electrons. The van der Waals surface area contributed by atoms with Gasteiger partial charge in [-0.25, -0.2) is 4.79 Å². The lowest BCUT2D eigenvalue weighted by Crippen LogP contribution is -2.20. The van der Waals surface area contributed by atoms with E-state index in [9.17, 15) is 10.1 Å². The molecule has 0 bridgehead atoms. The van der Waals surface area contributed by atoms with E-state index < -0.39 is 12.4 Å². The molecule has 0 aliphatic heterocycles. The van der Waals surface area contributed by atoms with Gasteiger partial charge in [0, 0.05) is 13.5 Å². The molecule has 0 N–H and O–H groups in total. The number of allylic oxidation sites excluding steroid dienone is 1. The summed E-state index contributed by atoms with van der Waals surface area (Å²) in [5.41, 5.74) is 3.08. The Morgan fingerprint density at radius 1 is 1.17 bits per heavy atom. The summed E-state index contributed by atoms with van der Waals surface area (Å²) in [6, 6.07) is 9.99. The van der Waals surface area contributed by atoms with Gasteiger partial charge in [0.2, 0.25) is 6.29 Å². The molecule has 0 spiro atoms. The van der Waals surface area contributed by atoms with Crippen molar-refractivity contribution in [1.82, 2.24) is 9.78 Å². The van der Waals surface area contributed by atoms with Crippen LogP contribution in [-0.2, 0) is 26.2 Å². The van der Waals surface area contributed by atoms with Crippen molar-refractivity contribution in [1.29, 1.82) is 5.26 Å². The van der Waals surface area contributed by atoms with Crippen molar-refractivity contribution in [3.8, 4) is 6.07 Å². The molecule has 2 rings (SSSR count). The summed E-state index contributed by atoms with van der Waals surface area (Å²) in [5.74, 6) is 0.190. The summed E-state index contributed by atoms with van der Waals surface area (Å²) < 4.78 is 18.2. The third kappa shape index (κ3) is 7.50. The zero-order chi connectivity index (χ0) is 26.2. The number of hydrogen-bond donors (Lipinski definition) is 0. The van der Waals surface area contributed by atoms with Crippen LogP contribution in [0.5, 0.6) is 0 Å². The predicted octanol–water partition coefficient (Wildman–Crippen LogP) is 7.26. The van der Waals surface area contributed by atoms with E-state index in [0.29, 0.717) is 28.5 Å². The van der Waals surface area contributed by atoms with Gasteiger partial charge in [0.05, 0.1) is 17.3 Å². The maximum atomic E-state index is 12.1. The Balaban J connectivity index is 2.47. The van der Waals surface area contributed by atoms with Gasteiger partial charge in [-0.15, -0.1) is 0 Å². The van der Waals surface area contributed by atoms with Crippen molar-refractivity contribution in [3.05, 3.63) is 51.8 Å². The maximum Gasteiger partial charge on any atom is 0.511 e. The molecule has 0 saturated carbocycles. The Morgan fingerprint density at radius 2 is 1.83 bits per heavy atom. The number of ether oxygens (including phenoxy) is 3. The van der Waals surface area contributed by atoms with Crippen LogP contribution in [0.2, 0.25) is 5.02 Å². The van der Waals surface area contributed by atoms with E-state index in [1.54, 1.807) is 18.5 Å². The number of hydrogen-bond acceptors (Lipinski definition) is 6. The summed E-state index contributed by atoms with van der Waals surface area (Å²) in [6.07, 6.45) is 0.889. The molecule has 35 heavy (non-hydrogen) atoms. The van der Waals surface area contributed by atoms with Gasteiger partial charge in [0.15, 0.2) is 5.76 Å². The Morgan fingerprint density at radius 3 is 2.37 bits per heavy atom. The van der Waals surface area contributed by atoms with Gasteiger partial charge in [-0.2, -0.15) is 10.4 Å². The molecular weight excluding hydrogens is 466 g/mol. The molecule has 1 atom stereocenters. The average molecular weight is 502 g/mol. The molecule has 1 unspecified atom stereocenters. The van der Waals surface area contributed by atoms with Crippen LogP contribution in [0.3, 0.4) is 0 Å². The summed E-state index contributed by atoms with van der Waals surface area (Å²) in [6.45, 7) is 14.5. The van der Waals surface area contributed by atoms with Gasteiger partial charge in [-0.05, 0) is 36.8 Å². The first-order chi connectivity index (χ1) is 16.5. The summed E-state index contributed by atoms with van der Waals surface area (Å²) in [4.78, 5) is 12.1. The molecule has 0 aliphatic carbocycles. The van der Waals surface area contributed by atoms with Crippen LogP contribution in [0.15, 0.2) is 24.3 Å². The normalized spacial score (nSPS) is 13.0. The van der Waals surface area contributed by atoms with E-state index in [-0.39, 0.29) is 23.4 Å². The molecule has 1 aromatic carbocycles. The standard InChI is InChI=1S/C27H36ClN3O4/c1-8-10-11-16-33-26(32)35-19(4)34-25(24-23(28)18(3)30-31(24)9-2)22(17-29)20-12-14-21(15-13-20)27(5,6)7/h12-15,19H,8-11,16H2,1-7H3/b25-22-. The molecule has 0 aliphatic rings. The van der Waals surface area contributed by atoms with Crippen molar-refractivity contribution in [2.24, 2.45) is 0 Å². The number of nitrogens with zero attached hydrogens (tertiary/aromatic N) is 3. The molecule has 0 fully saturated rings. The molecule has 0 amide bonds. The smallest absolute Gasteiger partial charge is 0.451 e. The first-order valence-corrected chi connectivity index (χ1v) is 12.4. The van der Waals surface area contributed by atoms with Gasteiger partial charge in [0.25, 0.3) is 0 Å². The number of aryl methyl sites for hydroxylation is 2. The predicted molar refractivity (Wildman–Crippen MR) is 138 cm³/mol. The van der Waals surface area contributed by atoms with Crippen LogP contribution >= 0.6 is 11.6 Å². The van der Waals surface area contributed by atoms with Crippen LogP contribution in [0.4, 0.5) is 4.79 Å². The topological polar surface area (TPSA) is 86.4 Å². The molecule has 190 valence electrons. The lowest BCUT2D eigenvalue weighted by molar-refractivity contribution is -0.0673. The Labute approximate surface area is 213 Å². The molecule has 1 heterocycles. The van der Waals surface area contributed by atoms with Crippen LogP contribution in [0.1, 0.15) is 83.3 Å². The van der Waals surface area contributed by atoms with Gasteiger partial charge < -0.3 is 14.2 Å². The fourth-order valence-electron chi connectivity index (χ4n) is 3.49. The number of aromatic nitrogens is 2. The minimum absolute atomic E-state index is 0.0323. The highest BCUT2D eigenvalue weighted by atomic mass is 35.5. The number of rotatable bonds is 10.